The van der Waals surface area contributed by atoms with Crippen LogP contribution in [0.25, 0.3) is 0 Å². The van der Waals surface area contributed by atoms with Gasteiger partial charge >= 0.3 is 0 Å². The minimum absolute atomic E-state index is 0.338. The molecular formula is C16H28O. The van der Waals surface area contributed by atoms with E-state index in [-0.39, 0.29) is 0 Å². The van der Waals surface area contributed by atoms with Crippen molar-refractivity contribution in [1.29, 1.82) is 0 Å². The summed E-state index contributed by atoms with van der Waals surface area (Å²) in [5.41, 5.74) is 0. The molecule has 0 aromatic carbocycles. The van der Waals surface area contributed by atoms with Crippen LogP contribution in [0.1, 0.15) is 71.1 Å². The van der Waals surface area contributed by atoms with Crippen molar-refractivity contribution in [2.75, 3.05) is 0 Å². The highest BCUT2D eigenvalue weighted by atomic mass is 16.5. The Hall–Kier alpha value is -0.720. The van der Waals surface area contributed by atoms with E-state index in [1.165, 1.54) is 64.2 Å². The van der Waals surface area contributed by atoms with E-state index in [0.29, 0.717) is 6.10 Å². The summed E-state index contributed by atoms with van der Waals surface area (Å²) < 4.78 is 5.48. The molecule has 0 bridgehead atoms. The minimum Gasteiger partial charge on any atom is -0.494 e. The van der Waals surface area contributed by atoms with E-state index in [1.807, 2.05) is 6.08 Å². The lowest BCUT2D eigenvalue weighted by Gasteiger charge is -2.14. The average Bonchev–Trinajstić information content (AvgIpc) is 2.38. The molecule has 0 aliphatic carbocycles. The Balaban J connectivity index is 1.78. The maximum absolute atomic E-state index is 5.48. The van der Waals surface area contributed by atoms with Crippen molar-refractivity contribution in [2.45, 2.75) is 77.2 Å². The van der Waals surface area contributed by atoms with Gasteiger partial charge < -0.3 is 4.74 Å². The van der Waals surface area contributed by atoms with Crippen LogP contribution in [0, 0.1) is 0 Å². The number of hydrogen-bond donors (Lipinski definition) is 0. The zero-order valence-electron chi connectivity index (χ0n) is 11.4. The number of rotatable bonds is 10. The summed E-state index contributed by atoms with van der Waals surface area (Å²) in [7, 11) is 0. The number of hydrogen-bond acceptors (Lipinski definition) is 1. The van der Waals surface area contributed by atoms with Crippen LogP contribution < -0.4 is 0 Å². The van der Waals surface area contributed by atoms with Crippen LogP contribution in [0.3, 0.4) is 0 Å². The second-order valence-electron chi connectivity index (χ2n) is 5.01. The van der Waals surface area contributed by atoms with Crippen LogP contribution >= 0.6 is 0 Å². The molecule has 0 amide bonds. The molecule has 0 saturated heterocycles. The molecule has 0 radical (unpaired) electrons. The lowest BCUT2D eigenvalue weighted by atomic mass is 10.0. The van der Waals surface area contributed by atoms with Crippen molar-refractivity contribution < 1.29 is 4.74 Å². The fourth-order valence-corrected chi connectivity index (χ4v) is 2.25. The van der Waals surface area contributed by atoms with Crippen LogP contribution in [-0.4, -0.2) is 6.10 Å². The van der Waals surface area contributed by atoms with E-state index in [9.17, 15) is 0 Å². The molecule has 1 rings (SSSR count). The summed E-state index contributed by atoms with van der Waals surface area (Å²) in [6.07, 6.45) is 22.1. The summed E-state index contributed by atoms with van der Waals surface area (Å²) in [6, 6.07) is 0. The highest BCUT2D eigenvalue weighted by molar-refractivity contribution is 5.07. The molecule has 0 saturated carbocycles. The van der Waals surface area contributed by atoms with Gasteiger partial charge in [0.1, 0.15) is 6.10 Å². The van der Waals surface area contributed by atoms with Crippen molar-refractivity contribution in [3.8, 4) is 0 Å². The molecule has 17 heavy (non-hydrogen) atoms. The van der Waals surface area contributed by atoms with Crippen molar-refractivity contribution in [3.63, 3.8) is 0 Å². The zero-order valence-corrected chi connectivity index (χ0v) is 11.4. The SMILES string of the molecule is CCCCCCCCCCCC1C=CC=CO1. The Morgan fingerprint density at radius 1 is 0.824 bits per heavy atom. The zero-order chi connectivity index (χ0) is 12.2. The van der Waals surface area contributed by atoms with Gasteiger partial charge in [-0.2, -0.15) is 0 Å². The Bertz CT molecular complexity index is 218. The van der Waals surface area contributed by atoms with Crippen LogP contribution in [0.2, 0.25) is 0 Å². The summed E-state index contributed by atoms with van der Waals surface area (Å²) in [5, 5.41) is 0. The maximum atomic E-state index is 5.48. The van der Waals surface area contributed by atoms with Gasteiger partial charge in [-0.05, 0) is 25.0 Å². The Morgan fingerprint density at radius 3 is 2.06 bits per heavy atom. The molecular weight excluding hydrogens is 208 g/mol. The minimum atomic E-state index is 0.338. The van der Waals surface area contributed by atoms with E-state index >= 15 is 0 Å². The summed E-state index contributed by atoms with van der Waals surface area (Å²) in [5.74, 6) is 0. The van der Waals surface area contributed by atoms with E-state index in [2.05, 4.69) is 19.1 Å². The van der Waals surface area contributed by atoms with E-state index in [4.69, 9.17) is 4.74 Å². The summed E-state index contributed by atoms with van der Waals surface area (Å²) in [6.45, 7) is 2.27. The molecule has 0 spiro atoms. The van der Waals surface area contributed by atoms with Crippen molar-refractivity contribution in [1.82, 2.24) is 0 Å². The third kappa shape index (κ3) is 8.06. The van der Waals surface area contributed by atoms with Gasteiger partial charge in [0.2, 0.25) is 0 Å². The first-order valence-corrected chi connectivity index (χ1v) is 7.42. The molecule has 1 atom stereocenters. The fourth-order valence-electron chi connectivity index (χ4n) is 2.25. The number of unbranched alkanes of at least 4 members (excludes halogenated alkanes) is 8. The normalized spacial score (nSPS) is 18.3. The van der Waals surface area contributed by atoms with E-state index in [0.717, 1.165) is 0 Å². The first-order chi connectivity index (χ1) is 8.43. The highest BCUT2D eigenvalue weighted by Crippen LogP contribution is 2.14. The van der Waals surface area contributed by atoms with E-state index in [1.54, 1.807) is 6.26 Å². The molecule has 1 aliphatic rings. The largest absolute Gasteiger partial charge is 0.494 e. The third-order valence-corrected chi connectivity index (χ3v) is 3.36. The quantitative estimate of drug-likeness (QED) is 0.463. The van der Waals surface area contributed by atoms with Crippen LogP contribution in [0.4, 0.5) is 0 Å². The first kappa shape index (κ1) is 14.3. The van der Waals surface area contributed by atoms with Gasteiger partial charge in [-0.3, -0.25) is 0 Å². The third-order valence-electron chi connectivity index (χ3n) is 3.36. The molecule has 1 aliphatic heterocycles. The molecule has 1 heteroatoms. The molecule has 0 aromatic heterocycles. The van der Waals surface area contributed by atoms with Crippen molar-refractivity contribution in [3.05, 3.63) is 24.5 Å². The second-order valence-corrected chi connectivity index (χ2v) is 5.01. The van der Waals surface area contributed by atoms with Gasteiger partial charge in [-0.1, -0.05) is 64.4 Å². The topological polar surface area (TPSA) is 9.23 Å². The molecule has 1 nitrogen and oxygen atoms in total. The fraction of sp³-hybridized carbons (Fsp3) is 0.750. The van der Waals surface area contributed by atoms with Gasteiger partial charge in [0.25, 0.3) is 0 Å². The predicted molar refractivity (Wildman–Crippen MR) is 75.0 cm³/mol. The smallest absolute Gasteiger partial charge is 0.116 e. The van der Waals surface area contributed by atoms with Gasteiger partial charge in [-0.25, -0.2) is 0 Å². The summed E-state index contributed by atoms with van der Waals surface area (Å²) >= 11 is 0. The monoisotopic (exact) mass is 236 g/mol. The lowest BCUT2D eigenvalue weighted by molar-refractivity contribution is 0.170. The van der Waals surface area contributed by atoms with Gasteiger partial charge in [-0.15, -0.1) is 0 Å². The van der Waals surface area contributed by atoms with Crippen LogP contribution in [-0.2, 0) is 4.74 Å². The molecule has 0 aromatic rings. The average molecular weight is 236 g/mol. The lowest BCUT2D eigenvalue weighted by Crippen LogP contribution is -2.07. The Morgan fingerprint density at radius 2 is 1.47 bits per heavy atom. The molecule has 98 valence electrons. The number of allylic oxidation sites excluding steroid dienone is 2. The molecule has 0 fully saturated rings. The molecule has 1 unspecified atom stereocenters. The standard InChI is InChI=1S/C16H28O/c1-2-3-4-5-6-7-8-9-10-13-16-14-11-12-15-17-16/h11-12,14-16H,2-10,13H2,1H3. The first-order valence-electron chi connectivity index (χ1n) is 7.42. The maximum Gasteiger partial charge on any atom is 0.116 e. The molecule has 0 N–H and O–H groups in total. The highest BCUT2D eigenvalue weighted by Gasteiger charge is 2.04. The van der Waals surface area contributed by atoms with E-state index < -0.39 is 0 Å². The van der Waals surface area contributed by atoms with Crippen LogP contribution in [0.15, 0.2) is 24.5 Å². The van der Waals surface area contributed by atoms with Crippen LogP contribution in [0.5, 0.6) is 0 Å². The molecule has 1 heterocycles. The van der Waals surface area contributed by atoms with Crippen molar-refractivity contribution >= 4 is 0 Å². The van der Waals surface area contributed by atoms with Gasteiger partial charge in [0, 0.05) is 0 Å². The predicted octanol–water partition coefficient (Wildman–Crippen LogP) is 5.38. The summed E-state index contributed by atoms with van der Waals surface area (Å²) in [4.78, 5) is 0. The Labute approximate surface area is 107 Å². The second kappa shape index (κ2) is 10.4. The van der Waals surface area contributed by atoms with Gasteiger partial charge in [0.05, 0.1) is 6.26 Å². The Kier molecular flexibility index (Phi) is 8.80. The van der Waals surface area contributed by atoms with Crippen molar-refractivity contribution in [2.24, 2.45) is 0 Å². The number of ether oxygens (including phenoxy) is 1. The van der Waals surface area contributed by atoms with Gasteiger partial charge in [0.15, 0.2) is 0 Å².